The summed E-state index contributed by atoms with van der Waals surface area (Å²) in [4.78, 5) is 15.2. The molecule has 0 N–H and O–H groups in total. The summed E-state index contributed by atoms with van der Waals surface area (Å²) in [6.45, 7) is 2.48. The first-order chi connectivity index (χ1) is 8.76. The molecule has 0 unspecified atom stereocenters. The van der Waals surface area contributed by atoms with Crippen molar-refractivity contribution in [2.24, 2.45) is 0 Å². The van der Waals surface area contributed by atoms with Crippen molar-refractivity contribution >= 4 is 17.9 Å². The largest absolute Gasteiger partial charge is 0.494 e. The fourth-order valence-corrected chi connectivity index (χ4v) is 1.89. The van der Waals surface area contributed by atoms with Gasteiger partial charge in [0, 0.05) is 17.3 Å². The van der Waals surface area contributed by atoms with Crippen molar-refractivity contribution < 1.29 is 9.53 Å². The Hall–Kier alpha value is -1.87. The number of nitrogens with zero attached hydrogens (tertiary/aromatic N) is 1. The van der Waals surface area contributed by atoms with Crippen LogP contribution in [0.1, 0.15) is 17.3 Å². The summed E-state index contributed by atoms with van der Waals surface area (Å²) >= 11 is 6.15. The molecule has 2 rings (SSSR count). The van der Waals surface area contributed by atoms with Crippen molar-refractivity contribution in [2.45, 2.75) is 6.92 Å². The van der Waals surface area contributed by atoms with Crippen LogP contribution in [0.3, 0.4) is 0 Å². The second kappa shape index (κ2) is 5.65. The number of ether oxygens (including phenoxy) is 1. The molecule has 0 bridgehead atoms. The lowest BCUT2D eigenvalue weighted by Crippen LogP contribution is -1.95. The summed E-state index contributed by atoms with van der Waals surface area (Å²) in [5.74, 6) is 0.708. The Balaban J connectivity index is 2.55. The zero-order valence-corrected chi connectivity index (χ0v) is 10.6. The molecule has 0 fully saturated rings. The van der Waals surface area contributed by atoms with Gasteiger partial charge in [-0.2, -0.15) is 0 Å². The number of aldehydes is 1. The first kappa shape index (κ1) is 12.6. The van der Waals surface area contributed by atoms with Crippen LogP contribution < -0.4 is 4.74 Å². The van der Waals surface area contributed by atoms with Gasteiger partial charge in [-0.25, -0.2) is 0 Å². The summed E-state index contributed by atoms with van der Waals surface area (Å²) in [5, 5.41) is 0.542. The van der Waals surface area contributed by atoms with E-state index in [-0.39, 0.29) is 0 Å². The number of carbonyl (C=O) groups excluding carboxylic acids is 1. The van der Waals surface area contributed by atoms with Crippen molar-refractivity contribution in [1.29, 1.82) is 0 Å². The molecule has 0 atom stereocenters. The maximum atomic E-state index is 11.0. The fourth-order valence-electron chi connectivity index (χ4n) is 1.68. The van der Waals surface area contributed by atoms with Crippen molar-refractivity contribution in [3.8, 4) is 17.0 Å². The highest BCUT2D eigenvalue weighted by molar-refractivity contribution is 6.33. The van der Waals surface area contributed by atoms with Gasteiger partial charge in [0.2, 0.25) is 0 Å². The third-order valence-corrected chi connectivity index (χ3v) is 2.80. The van der Waals surface area contributed by atoms with Crippen molar-refractivity contribution in [3.05, 3.63) is 47.1 Å². The maximum absolute atomic E-state index is 11.0. The highest BCUT2D eigenvalue weighted by atomic mass is 35.5. The van der Waals surface area contributed by atoms with Crippen LogP contribution in [0.2, 0.25) is 5.02 Å². The van der Waals surface area contributed by atoms with Crippen LogP contribution in [0.15, 0.2) is 36.5 Å². The van der Waals surface area contributed by atoms with Crippen molar-refractivity contribution in [3.63, 3.8) is 0 Å². The van der Waals surface area contributed by atoms with Crippen LogP contribution in [-0.2, 0) is 0 Å². The van der Waals surface area contributed by atoms with E-state index in [1.54, 1.807) is 36.5 Å². The number of benzene rings is 1. The van der Waals surface area contributed by atoms with E-state index >= 15 is 0 Å². The lowest BCUT2D eigenvalue weighted by atomic mass is 10.1. The number of halogens is 1. The molecule has 2 aromatic rings. The molecule has 4 heteroatoms. The molecule has 0 saturated carbocycles. The Morgan fingerprint density at radius 2 is 2.22 bits per heavy atom. The highest BCUT2D eigenvalue weighted by Gasteiger charge is 2.10. The first-order valence-electron chi connectivity index (χ1n) is 5.59. The second-order valence-corrected chi connectivity index (χ2v) is 4.04. The third-order valence-electron chi connectivity index (χ3n) is 2.47. The number of rotatable bonds is 4. The standard InChI is InChI=1S/C14H12ClNO2/c1-2-18-11-5-6-13(15)12(8-11)14-10(9-17)4-3-7-16-14/h3-9H,2H2,1H3. The number of hydrogen-bond donors (Lipinski definition) is 0. The van der Waals surface area contributed by atoms with E-state index in [2.05, 4.69) is 4.98 Å². The predicted molar refractivity (Wildman–Crippen MR) is 71.2 cm³/mol. The van der Waals surface area contributed by atoms with E-state index in [1.807, 2.05) is 6.92 Å². The van der Waals surface area contributed by atoms with E-state index < -0.39 is 0 Å². The van der Waals surface area contributed by atoms with Crippen LogP contribution >= 0.6 is 11.6 Å². The number of aromatic nitrogens is 1. The summed E-state index contributed by atoms with van der Waals surface area (Å²) < 4.78 is 5.42. The summed E-state index contributed by atoms with van der Waals surface area (Å²) in [6, 6.07) is 8.75. The molecule has 1 aromatic carbocycles. The summed E-state index contributed by atoms with van der Waals surface area (Å²) in [7, 11) is 0. The Bertz CT molecular complexity index is 569. The van der Waals surface area contributed by atoms with Crippen molar-refractivity contribution in [2.75, 3.05) is 6.61 Å². The van der Waals surface area contributed by atoms with Gasteiger partial charge in [0.05, 0.1) is 17.3 Å². The van der Waals surface area contributed by atoms with Gasteiger partial charge >= 0.3 is 0 Å². The zero-order chi connectivity index (χ0) is 13.0. The van der Waals surface area contributed by atoms with E-state index in [1.165, 1.54) is 0 Å². The topological polar surface area (TPSA) is 39.2 Å². The van der Waals surface area contributed by atoms with E-state index in [4.69, 9.17) is 16.3 Å². The molecular formula is C14H12ClNO2. The third kappa shape index (κ3) is 2.51. The van der Waals surface area contributed by atoms with Gasteiger partial charge in [0.15, 0.2) is 6.29 Å². The summed E-state index contributed by atoms with van der Waals surface area (Å²) in [5.41, 5.74) is 1.78. The SMILES string of the molecule is CCOc1ccc(Cl)c(-c2ncccc2C=O)c1. The lowest BCUT2D eigenvalue weighted by molar-refractivity contribution is 0.112. The zero-order valence-electron chi connectivity index (χ0n) is 9.89. The molecular weight excluding hydrogens is 250 g/mol. The van der Waals surface area contributed by atoms with Crippen LogP contribution in [0.25, 0.3) is 11.3 Å². The van der Waals surface area contributed by atoms with Crippen molar-refractivity contribution in [1.82, 2.24) is 4.98 Å². The number of carbonyl (C=O) groups is 1. The predicted octanol–water partition coefficient (Wildman–Crippen LogP) is 3.61. The van der Waals surface area contributed by atoms with Gasteiger partial charge in [-0.15, -0.1) is 0 Å². The molecule has 0 aliphatic rings. The average Bonchev–Trinajstić information content (AvgIpc) is 2.41. The van der Waals surface area contributed by atoms with Gasteiger partial charge in [0.25, 0.3) is 0 Å². The van der Waals surface area contributed by atoms with E-state index in [0.717, 1.165) is 6.29 Å². The van der Waals surface area contributed by atoms with Crippen LogP contribution in [0.4, 0.5) is 0 Å². The first-order valence-corrected chi connectivity index (χ1v) is 5.97. The van der Waals surface area contributed by atoms with E-state index in [0.29, 0.717) is 34.2 Å². The Morgan fingerprint density at radius 1 is 1.39 bits per heavy atom. The molecule has 0 radical (unpaired) electrons. The minimum absolute atomic E-state index is 0.507. The van der Waals surface area contributed by atoms with Crippen LogP contribution in [0, 0.1) is 0 Å². The molecule has 0 aliphatic carbocycles. The minimum Gasteiger partial charge on any atom is -0.494 e. The lowest BCUT2D eigenvalue weighted by Gasteiger charge is -2.09. The smallest absolute Gasteiger partial charge is 0.152 e. The molecule has 0 aliphatic heterocycles. The fraction of sp³-hybridized carbons (Fsp3) is 0.143. The molecule has 3 nitrogen and oxygen atoms in total. The van der Waals surface area contributed by atoms with E-state index in [9.17, 15) is 4.79 Å². The molecule has 1 aromatic heterocycles. The molecule has 92 valence electrons. The Morgan fingerprint density at radius 3 is 2.94 bits per heavy atom. The van der Waals surface area contributed by atoms with Crippen LogP contribution in [0.5, 0.6) is 5.75 Å². The Labute approximate surface area is 110 Å². The minimum atomic E-state index is 0.507. The number of pyridine rings is 1. The molecule has 1 heterocycles. The highest BCUT2D eigenvalue weighted by Crippen LogP contribution is 2.31. The molecule has 0 amide bonds. The van der Waals surface area contributed by atoms with Gasteiger partial charge in [-0.3, -0.25) is 9.78 Å². The molecule has 0 spiro atoms. The maximum Gasteiger partial charge on any atom is 0.152 e. The van der Waals surface area contributed by atoms with Crippen LogP contribution in [-0.4, -0.2) is 17.9 Å². The number of hydrogen-bond acceptors (Lipinski definition) is 3. The monoisotopic (exact) mass is 261 g/mol. The Kier molecular flexibility index (Phi) is 3.95. The second-order valence-electron chi connectivity index (χ2n) is 3.63. The molecule has 18 heavy (non-hydrogen) atoms. The average molecular weight is 262 g/mol. The van der Waals surface area contributed by atoms with Gasteiger partial charge in [0.1, 0.15) is 5.75 Å². The molecule has 0 saturated heterocycles. The van der Waals surface area contributed by atoms with Gasteiger partial charge < -0.3 is 4.74 Å². The normalized spacial score (nSPS) is 10.1. The van der Waals surface area contributed by atoms with Gasteiger partial charge in [-0.05, 0) is 37.3 Å². The summed E-state index contributed by atoms with van der Waals surface area (Å²) in [6.07, 6.45) is 2.40. The quantitative estimate of drug-likeness (QED) is 0.789. The van der Waals surface area contributed by atoms with Gasteiger partial charge in [-0.1, -0.05) is 11.6 Å².